The summed E-state index contributed by atoms with van der Waals surface area (Å²) in [5.41, 5.74) is 3.48. The molecule has 1 aromatic carbocycles. The van der Waals surface area contributed by atoms with Gasteiger partial charge in [0.1, 0.15) is 0 Å². The lowest BCUT2D eigenvalue weighted by Gasteiger charge is -2.13. The number of aromatic nitrogens is 1. The topological polar surface area (TPSA) is 62.0 Å². The standard InChI is InChI=1S/C20H19ClN2O2/c21-14-5-3-13(4-6-14)17(11-15-7-10-19(24)22-15)18-9-8-16(12-1-2-12)20(25)23-18/h3-6,8-9,11-12,15H,1-2,7,10H2,(H,22,24)(H,23,25)/t15-/m1/s1. The van der Waals surface area contributed by atoms with Crippen molar-refractivity contribution in [3.8, 4) is 0 Å². The summed E-state index contributed by atoms with van der Waals surface area (Å²) in [6.45, 7) is 0. The fourth-order valence-electron chi connectivity index (χ4n) is 3.29. The highest BCUT2D eigenvalue weighted by Crippen LogP contribution is 2.38. The molecule has 2 N–H and O–H groups in total. The van der Waals surface area contributed by atoms with Gasteiger partial charge in [-0.15, -0.1) is 0 Å². The lowest BCUT2D eigenvalue weighted by molar-refractivity contribution is -0.119. The zero-order valence-corrected chi connectivity index (χ0v) is 14.5. The first-order valence-corrected chi connectivity index (χ1v) is 8.98. The van der Waals surface area contributed by atoms with Crippen LogP contribution in [0.5, 0.6) is 0 Å². The number of amides is 1. The van der Waals surface area contributed by atoms with E-state index >= 15 is 0 Å². The van der Waals surface area contributed by atoms with Gasteiger partial charge in [-0.1, -0.05) is 35.9 Å². The molecule has 0 bridgehead atoms. The summed E-state index contributed by atoms with van der Waals surface area (Å²) in [7, 11) is 0. The fraction of sp³-hybridized carbons (Fsp3) is 0.300. The first-order valence-electron chi connectivity index (χ1n) is 8.61. The minimum atomic E-state index is -0.0233. The van der Waals surface area contributed by atoms with E-state index in [0.29, 0.717) is 17.4 Å². The van der Waals surface area contributed by atoms with E-state index in [1.54, 1.807) is 0 Å². The lowest BCUT2D eigenvalue weighted by Crippen LogP contribution is -2.23. The average molecular weight is 355 g/mol. The number of hydrogen-bond donors (Lipinski definition) is 2. The van der Waals surface area contributed by atoms with Crippen LogP contribution in [0, 0.1) is 0 Å². The molecule has 2 fully saturated rings. The van der Waals surface area contributed by atoms with Crippen LogP contribution in [0.1, 0.15) is 48.4 Å². The smallest absolute Gasteiger partial charge is 0.251 e. The normalized spacial score (nSPS) is 20.6. The molecule has 2 aliphatic rings. The van der Waals surface area contributed by atoms with Crippen LogP contribution in [0.25, 0.3) is 5.57 Å². The van der Waals surface area contributed by atoms with E-state index in [2.05, 4.69) is 10.3 Å². The van der Waals surface area contributed by atoms with E-state index in [1.807, 2.05) is 42.5 Å². The summed E-state index contributed by atoms with van der Waals surface area (Å²) in [6.07, 6.45) is 5.51. The van der Waals surface area contributed by atoms with Gasteiger partial charge in [0.15, 0.2) is 0 Å². The maximum Gasteiger partial charge on any atom is 0.251 e. The van der Waals surface area contributed by atoms with Gasteiger partial charge >= 0.3 is 0 Å². The maximum absolute atomic E-state index is 12.4. The molecule has 0 radical (unpaired) electrons. The van der Waals surface area contributed by atoms with E-state index in [0.717, 1.165) is 41.7 Å². The van der Waals surface area contributed by atoms with Gasteiger partial charge in [0.25, 0.3) is 5.56 Å². The van der Waals surface area contributed by atoms with Gasteiger partial charge in [0.05, 0.1) is 0 Å². The molecule has 1 aliphatic carbocycles. The number of halogens is 1. The molecule has 25 heavy (non-hydrogen) atoms. The van der Waals surface area contributed by atoms with Crippen LogP contribution in [-0.4, -0.2) is 16.9 Å². The largest absolute Gasteiger partial charge is 0.350 e. The van der Waals surface area contributed by atoms with Crippen LogP contribution < -0.4 is 10.9 Å². The number of benzene rings is 1. The van der Waals surface area contributed by atoms with Gasteiger partial charge in [-0.2, -0.15) is 0 Å². The first kappa shape index (κ1) is 16.2. The molecular formula is C20H19ClN2O2. The highest BCUT2D eigenvalue weighted by molar-refractivity contribution is 6.30. The highest BCUT2D eigenvalue weighted by atomic mass is 35.5. The van der Waals surface area contributed by atoms with E-state index in [4.69, 9.17) is 11.6 Å². The number of H-pyrrole nitrogens is 1. The number of carbonyl (C=O) groups excluding carboxylic acids is 1. The van der Waals surface area contributed by atoms with Crippen molar-refractivity contribution in [1.29, 1.82) is 0 Å². The molecule has 0 spiro atoms. The Labute approximate surface area is 150 Å². The molecule has 1 amide bonds. The lowest BCUT2D eigenvalue weighted by atomic mass is 9.98. The zero-order valence-electron chi connectivity index (χ0n) is 13.7. The molecule has 2 heterocycles. The third kappa shape index (κ3) is 3.54. The third-order valence-electron chi connectivity index (χ3n) is 4.80. The van der Waals surface area contributed by atoms with Gasteiger partial charge < -0.3 is 10.3 Å². The van der Waals surface area contributed by atoms with Crippen molar-refractivity contribution < 1.29 is 4.79 Å². The van der Waals surface area contributed by atoms with E-state index in [-0.39, 0.29) is 17.5 Å². The van der Waals surface area contributed by atoms with Gasteiger partial charge in [0, 0.05) is 34.3 Å². The van der Waals surface area contributed by atoms with Crippen LogP contribution in [0.15, 0.2) is 47.3 Å². The molecule has 0 unspecified atom stereocenters. The average Bonchev–Trinajstić information content (AvgIpc) is 3.35. The Kier molecular flexibility index (Phi) is 4.22. The molecule has 1 atom stereocenters. The number of pyridine rings is 1. The third-order valence-corrected chi connectivity index (χ3v) is 5.05. The molecule has 1 aliphatic heterocycles. The Morgan fingerprint density at radius 3 is 2.40 bits per heavy atom. The Hall–Kier alpha value is -2.33. The predicted molar refractivity (Wildman–Crippen MR) is 98.7 cm³/mol. The second kappa shape index (κ2) is 6.52. The second-order valence-electron chi connectivity index (χ2n) is 6.73. The Bertz CT molecular complexity index is 895. The quantitative estimate of drug-likeness (QED) is 0.881. The molecule has 2 aromatic rings. The van der Waals surface area contributed by atoms with Crippen molar-refractivity contribution in [3.63, 3.8) is 0 Å². The summed E-state index contributed by atoms with van der Waals surface area (Å²) in [6, 6.07) is 11.4. The summed E-state index contributed by atoms with van der Waals surface area (Å²) in [5, 5.41) is 3.62. The number of nitrogens with one attached hydrogen (secondary N) is 2. The van der Waals surface area contributed by atoms with E-state index in [9.17, 15) is 9.59 Å². The summed E-state index contributed by atoms with van der Waals surface area (Å²) < 4.78 is 0. The monoisotopic (exact) mass is 354 g/mol. The molecule has 1 aromatic heterocycles. The van der Waals surface area contributed by atoms with Crippen LogP contribution in [-0.2, 0) is 4.79 Å². The fourth-order valence-corrected chi connectivity index (χ4v) is 3.42. The van der Waals surface area contributed by atoms with Gasteiger partial charge in [-0.3, -0.25) is 9.59 Å². The van der Waals surface area contributed by atoms with E-state index in [1.165, 1.54) is 0 Å². The van der Waals surface area contributed by atoms with Gasteiger partial charge in [0.2, 0.25) is 5.91 Å². The minimum Gasteiger partial charge on any atom is -0.350 e. The molecular weight excluding hydrogens is 336 g/mol. The zero-order chi connectivity index (χ0) is 17.4. The van der Waals surface area contributed by atoms with Crippen molar-refractivity contribution in [3.05, 3.63) is 74.7 Å². The van der Waals surface area contributed by atoms with Crippen LogP contribution >= 0.6 is 11.6 Å². The number of rotatable bonds is 4. The summed E-state index contributed by atoms with van der Waals surface area (Å²) in [5.74, 6) is 0.476. The van der Waals surface area contributed by atoms with Gasteiger partial charge in [-0.05, 0) is 48.9 Å². The molecule has 4 nitrogen and oxygen atoms in total. The van der Waals surface area contributed by atoms with E-state index < -0.39 is 0 Å². The Balaban J connectivity index is 1.75. The highest BCUT2D eigenvalue weighted by Gasteiger charge is 2.26. The van der Waals surface area contributed by atoms with Crippen molar-refractivity contribution in [2.75, 3.05) is 0 Å². The minimum absolute atomic E-state index is 0.0182. The Morgan fingerprint density at radius 1 is 1.04 bits per heavy atom. The Morgan fingerprint density at radius 2 is 1.80 bits per heavy atom. The van der Waals surface area contributed by atoms with Crippen LogP contribution in [0.4, 0.5) is 0 Å². The van der Waals surface area contributed by atoms with Gasteiger partial charge in [-0.25, -0.2) is 0 Å². The van der Waals surface area contributed by atoms with Crippen molar-refractivity contribution in [1.82, 2.24) is 10.3 Å². The molecule has 4 rings (SSSR count). The molecule has 1 saturated carbocycles. The molecule has 5 heteroatoms. The van der Waals surface area contributed by atoms with Crippen molar-refractivity contribution >= 4 is 23.1 Å². The molecule has 128 valence electrons. The second-order valence-corrected chi connectivity index (χ2v) is 7.17. The van der Waals surface area contributed by atoms with Crippen molar-refractivity contribution in [2.45, 2.75) is 37.6 Å². The van der Waals surface area contributed by atoms with Crippen molar-refractivity contribution in [2.24, 2.45) is 0 Å². The van der Waals surface area contributed by atoms with Crippen LogP contribution in [0.3, 0.4) is 0 Å². The summed E-state index contributed by atoms with van der Waals surface area (Å²) >= 11 is 6.01. The van der Waals surface area contributed by atoms with Crippen LogP contribution in [0.2, 0.25) is 5.02 Å². The molecule has 1 saturated heterocycles. The number of carbonyl (C=O) groups is 1. The maximum atomic E-state index is 12.4. The predicted octanol–water partition coefficient (Wildman–Crippen LogP) is 3.62. The first-order chi connectivity index (χ1) is 12.1. The summed E-state index contributed by atoms with van der Waals surface area (Å²) in [4.78, 5) is 27.0. The SMILES string of the molecule is O=C1CC[C@H](C=C(c2ccc(Cl)cc2)c2ccc(C3CC3)c(=O)[nH]2)N1. The number of aromatic amines is 1. The number of hydrogen-bond acceptors (Lipinski definition) is 2.